The topological polar surface area (TPSA) is 34.1 Å². The van der Waals surface area contributed by atoms with Gasteiger partial charge in [0, 0.05) is 24.3 Å². The molecule has 3 heteroatoms. The van der Waals surface area contributed by atoms with Crippen LogP contribution < -0.4 is 10.1 Å². The standard InChI is InChI=1S/C17H20N2O/c1-13-15(11-18-16-8-9-16)7-10-17(19-13)20-12-14-5-3-2-4-6-14/h2-7,10,16,18H,8-9,11-12H2,1H3. The van der Waals surface area contributed by atoms with Gasteiger partial charge in [0.05, 0.1) is 0 Å². The summed E-state index contributed by atoms with van der Waals surface area (Å²) in [5.41, 5.74) is 3.46. The molecule has 20 heavy (non-hydrogen) atoms. The van der Waals surface area contributed by atoms with Gasteiger partial charge < -0.3 is 10.1 Å². The minimum absolute atomic E-state index is 0.562. The van der Waals surface area contributed by atoms with E-state index in [1.165, 1.54) is 18.4 Å². The zero-order valence-corrected chi connectivity index (χ0v) is 11.8. The lowest BCUT2D eigenvalue weighted by atomic mass is 10.2. The second kappa shape index (κ2) is 6.06. The van der Waals surface area contributed by atoms with E-state index in [1.807, 2.05) is 31.2 Å². The van der Waals surface area contributed by atoms with Gasteiger partial charge in [-0.2, -0.15) is 0 Å². The first-order chi connectivity index (χ1) is 9.81. The molecule has 0 saturated heterocycles. The molecule has 0 spiro atoms. The highest BCUT2D eigenvalue weighted by Gasteiger charge is 2.20. The van der Waals surface area contributed by atoms with Crippen molar-refractivity contribution in [1.29, 1.82) is 0 Å². The molecular weight excluding hydrogens is 248 g/mol. The fourth-order valence-electron chi connectivity index (χ4n) is 2.11. The van der Waals surface area contributed by atoms with Crippen LogP contribution in [0.25, 0.3) is 0 Å². The van der Waals surface area contributed by atoms with Crippen molar-refractivity contribution in [1.82, 2.24) is 10.3 Å². The lowest BCUT2D eigenvalue weighted by Crippen LogP contribution is -2.16. The fraction of sp³-hybridized carbons (Fsp3) is 0.353. The number of aryl methyl sites for hydroxylation is 1. The van der Waals surface area contributed by atoms with Gasteiger partial charge in [-0.15, -0.1) is 0 Å². The summed E-state index contributed by atoms with van der Waals surface area (Å²) in [5, 5.41) is 3.51. The zero-order valence-electron chi connectivity index (χ0n) is 11.8. The number of pyridine rings is 1. The van der Waals surface area contributed by atoms with Crippen LogP contribution in [-0.4, -0.2) is 11.0 Å². The fourth-order valence-corrected chi connectivity index (χ4v) is 2.11. The number of ether oxygens (including phenoxy) is 1. The van der Waals surface area contributed by atoms with Gasteiger partial charge in [-0.05, 0) is 30.9 Å². The first-order valence-corrected chi connectivity index (χ1v) is 7.18. The smallest absolute Gasteiger partial charge is 0.213 e. The number of benzene rings is 1. The third-order valence-electron chi connectivity index (χ3n) is 3.56. The Balaban J connectivity index is 1.58. The number of aromatic nitrogens is 1. The van der Waals surface area contributed by atoms with Crippen LogP contribution in [0.4, 0.5) is 0 Å². The molecule has 1 heterocycles. The average molecular weight is 268 g/mol. The molecule has 0 bridgehead atoms. The van der Waals surface area contributed by atoms with Crippen LogP contribution in [0, 0.1) is 6.92 Å². The summed E-state index contributed by atoms with van der Waals surface area (Å²) in [4.78, 5) is 4.52. The normalized spacial score (nSPS) is 14.2. The molecule has 1 aliphatic rings. The second-order valence-electron chi connectivity index (χ2n) is 5.32. The lowest BCUT2D eigenvalue weighted by Gasteiger charge is -2.10. The third kappa shape index (κ3) is 3.58. The summed E-state index contributed by atoms with van der Waals surface area (Å²) >= 11 is 0. The van der Waals surface area contributed by atoms with Gasteiger partial charge in [0.25, 0.3) is 0 Å². The van der Waals surface area contributed by atoms with E-state index in [0.29, 0.717) is 12.5 Å². The van der Waals surface area contributed by atoms with Crippen molar-refractivity contribution >= 4 is 0 Å². The molecule has 1 saturated carbocycles. The Labute approximate surface area is 120 Å². The molecule has 1 aromatic carbocycles. The van der Waals surface area contributed by atoms with Gasteiger partial charge >= 0.3 is 0 Å². The monoisotopic (exact) mass is 268 g/mol. The molecule has 0 amide bonds. The van der Waals surface area contributed by atoms with Crippen molar-refractivity contribution in [2.75, 3.05) is 0 Å². The van der Waals surface area contributed by atoms with Gasteiger partial charge in [0.2, 0.25) is 5.88 Å². The van der Waals surface area contributed by atoms with Gasteiger partial charge in [-0.25, -0.2) is 4.98 Å². The highest BCUT2D eigenvalue weighted by atomic mass is 16.5. The number of hydrogen-bond donors (Lipinski definition) is 1. The molecule has 0 radical (unpaired) electrons. The number of nitrogens with zero attached hydrogens (tertiary/aromatic N) is 1. The largest absolute Gasteiger partial charge is 0.473 e. The molecule has 0 unspecified atom stereocenters. The summed E-state index contributed by atoms with van der Waals surface area (Å²) in [5.74, 6) is 0.696. The predicted molar refractivity (Wildman–Crippen MR) is 79.6 cm³/mol. The molecule has 3 rings (SSSR count). The Morgan fingerprint density at radius 3 is 2.65 bits per heavy atom. The molecular formula is C17H20N2O. The van der Waals surface area contributed by atoms with Crippen LogP contribution in [0.3, 0.4) is 0 Å². The molecule has 1 aromatic heterocycles. The molecule has 2 aromatic rings. The Hall–Kier alpha value is -1.87. The van der Waals surface area contributed by atoms with E-state index in [2.05, 4.69) is 28.5 Å². The van der Waals surface area contributed by atoms with Crippen molar-refractivity contribution in [3.63, 3.8) is 0 Å². The predicted octanol–water partition coefficient (Wildman–Crippen LogP) is 3.22. The van der Waals surface area contributed by atoms with Crippen LogP contribution in [0.1, 0.15) is 29.7 Å². The third-order valence-corrected chi connectivity index (χ3v) is 3.56. The molecule has 3 nitrogen and oxygen atoms in total. The van der Waals surface area contributed by atoms with E-state index in [1.54, 1.807) is 0 Å². The zero-order chi connectivity index (χ0) is 13.8. The second-order valence-corrected chi connectivity index (χ2v) is 5.32. The molecule has 0 aliphatic heterocycles. The Kier molecular flexibility index (Phi) is 3.97. The van der Waals surface area contributed by atoms with Crippen LogP contribution in [0.2, 0.25) is 0 Å². The van der Waals surface area contributed by atoms with Gasteiger partial charge in [0.15, 0.2) is 0 Å². The first kappa shape index (κ1) is 13.1. The molecule has 1 N–H and O–H groups in total. The Bertz CT molecular complexity index is 564. The number of nitrogens with one attached hydrogen (secondary N) is 1. The summed E-state index contributed by atoms with van der Waals surface area (Å²) < 4.78 is 5.73. The molecule has 0 atom stereocenters. The highest BCUT2D eigenvalue weighted by Crippen LogP contribution is 2.20. The lowest BCUT2D eigenvalue weighted by molar-refractivity contribution is 0.293. The maximum absolute atomic E-state index is 5.73. The molecule has 1 fully saturated rings. The van der Waals surface area contributed by atoms with E-state index < -0.39 is 0 Å². The van der Waals surface area contributed by atoms with E-state index in [0.717, 1.165) is 23.8 Å². The van der Waals surface area contributed by atoms with E-state index in [9.17, 15) is 0 Å². The Morgan fingerprint density at radius 1 is 1.15 bits per heavy atom. The Morgan fingerprint density at radius 2 is 1.95 bits per heavy atom. The summed E-state index contributed by atoms with van der Waals surface area (Å²) in [6, 6.07) is 14.9. The quantitative estimate of drug-likeness (QED) is 0.873. The first-order valence-electron chi connectivity index (χ1n) is 7.18. The van der Waals surface area contributed by atoms with Crippen LogP contribution in [-0.2, 0) is 13.2 Å². The van der Waals surface area contributed by atoms with Crippen LogP contribution in [0.15, 0.2) is 42.5 Å². The van der Waals surface area contributed by atoms with Crippen LogP contribution >= 0.6 is 0 Å². The summed E-state index contributed by atoms with van der Waals surface area (Å²) in [6.07, 6.45) is 2.62. The van der Waals surface area contributed by atoms with E-state index in [4.69, 9.17) is 4.74 Å². The SMILES string of the molecule is Cc1nc(OCc2ccccc2)ccc1CNC1CC1. The highest BCUT2D eigenvalue weighted by molar-refractivity contribution is 5.25. The number of rotatable bonds is 6. The molecule has 104 valence electrons. The van der Waals surface area contributed by atoms with Gasteiger partial charge in [0.1, 0.15) is 6.61 Å². The van der Waals surface area contributed by atoms with Gasteiger partial charge in [-0.3, -0.25) is 0 Å². The van der Waals surface area contributed by atoms with Crippen LogP contribution in [0.5, 0.6) is 5.88 Å². The van der Waals surface area contributed by atoms with Crippen molar-refractivity contribution in [2.45, 2.75) is 39.0 Å². The summed E-state index contributed by atoms with van der Waals surface area (Å²) in [6.45, 7) is 3.51. The minimum Gasteiger partial charge on any atom is -0.473 e. The van der Waals surface area contributed by atoms with E-state index >= 15 is 0 Å². The van der Waals surface area contributed by atoms with Crippen molar-refractivity contribution in [2.24, 2.45) is 0 Å². The average Bonchev–Trinajstić information content (AvgIpc) is 3.29. The maximum Gasteiger partial charge on any atom is 0.213 e. The molecule has 1 aliphatic carbocycles. The van der Waals surface area contributed by atoms with E-state index in [-0.39, 0.29) is 0 Å². The maximum atomic E-state index is 5.73. The summed E-state index contributed by atoms with van der Waals surface area (Å²) in [7, 11) is 0. The van der Waals surface area contributed by atoms with Gasteiger partial charge in [-0.1, -0.05) is 36.4 Å². The van der Waals surface area contributed by atoms with Crippen molar-refractivity contribution in [3.8, 4) is 5.88 Å². The minimum atomic E-state index is 0.562. The number of hydrogen-bond acceptors (Lipinski definition) is 3. The van der Waals surface area contributed by atoms with Crippen molar-refractivity contribution < 1.29 is 4.74 Å². The van der Waals surface area contributed by atoms with Crippen molar-refractivity contribution in [3.05, 3.63) is 59.3 Å².